The second-order valence-electron chi connectivity index (χ2n) is 5.84. The molecule has 0 spiro atoms. The number of carbonyl (C=O) groups is 1. The Labute approximate surface area is 120 Å². The Morgan fingerprint density at radius 1 is 1.45 bits per heavy atom. The average Bonchev–Trinajstić information content (AvgIpc) is 2.46. The monoisotopic (exact) mass is 276 g/mol. The first-order valence-electron chi connectivity index (χ1n) is 7.28. The highest BCUT2D eigenvalue weighted by molar-refractivity contribution is 5.82. The number of aryl methyl sites for hydroxylation is 1. The zero-order valence-corrected chi connectivity index (χ0v) is 12.1. The smallest absolute Gasteiger partial charge is 0.237 e. The molecule has 2 atom stereocenters. The molecule has 1 fully saturated rings. The van der Waals surface area contributed by atoms with Gasteiger partial charge >= 0.3 is 0 Å². The minimum Gasteiger partial charge on any atom is -0.379 e. The van der Waals surface area contributed by atoms with Gasteiger partial charge < -0.3 is 15.8 Å². The summed E-state index contributed by atoms with van der Waals surface area (Å²) < 4.78 is 5.44. The SMILES string of the molecule is CC1(NC(=O)[C@@H](N)CCc2ccccc2)CCCOC1. The number of nitrogens with two attached hydrogens (primary N) is 1. The highest BCUT2D eigenvalue weighted by Crippen LogP contribution is 2.18. The van der Waals surface area contributed by atoms with E-state index in [9.17, 15) is 4.79 Å². The quantitative estimate of drug-likeness (QED) is 0.859. The van der Waals surface area contributed by atoms with Gasteiger partial charge in [0.25, 0.3) is 0 Å². The third-order valence-electron chi connectivity index (χ3n) is 3.79. The van der Waals surface area contributed by atoms with Gasteiger partial charge in [0.15, 0.2) is 0 Å². The van der Waals surface area contributed by atoms with E-state index in [4.69, 9.17) is 10.5 Å². The van der Waals surface area contributed by atoms with Crippen LogP contribution in [0.2, 0.25) is 0 Å². The van der Waals surface area contributed by atoms with Crippen LogP contribution in [-0.4, -0.2) is 30.7 Å². The zero-order chi connectivity index (χ0) is 14.4. The van der Waals surface area contributed by atoms with Crippen LogP contribution in [0.25, 0.3) is 0 Å². The van der Waals surface area contributed by atoms with Crippen LogP contribution in [0, 0.1) is 0 Å². The summed E-state index contributed by atoms with van der Waals surface area (Å²) in [7, 11) is 0. The molecule has 4 heteroatoms. The Kier molecular flexibility index (Phi) is 5.15. The van der Waals surface area contributed by atoms with Crippen molar-refractivity contribution in [3.8, 4) is 0 Å². The molecule has 1 aliphatic heterocycles. The van der Waals surface area contributed by atoms with E-state index in [1.807, 2.05) is 25.1 Å². The lowest BCUT2D eigenvalue weighted by Crippen LogP contribution is -2.55. The normalized spacial score (nSPS) is 24.1. The number of rotatable bonds is 5. The van der Waals surface area contributed by atoms with E-state index in [1.165, 1.54) is 5.56 Å². The van der Waals surface area contributed by atoms with Crippen molar-refractivity contribution in [3.63, 3.8) is 0 Å². The highest BCUT2D eigenvalue weighted by Gasteiger charge is 2.30. The predicted molar refractivity (Wildman–Crippen MR) is 79.3 cm³/mol. The molecule has 0 saturated carbocycles. The van der Waals surface area contributed by atoms with Crippen LogP contribution in [0.1, 0.15) is 31.7 Å². The first-order chi connectivity index (χ1) is 9.59. The first kappa shape index (κ1) is 15.0. The maximum absolute atomic E-state index is 12.1. The van der Waals surface area contributed by atoms with Crippen LogP contribution in [0.15, 0.2) is 30.3 Å². The van der Waals surface area contributed by atoms with Gasteiger partial charge in [-0.1, -0.05) is 30.3 Å². The lowest BCUT2D eigenvalue weighted by atomic mass is 9.94. The number of carbonyl (C=O) groups excluding carboxylic acids is 1. The summed E-state index contributed by atoms with van der Waals surface area (Å²) in [6.45, 7) is 3.38. The minimum absolute atomic E-state index is 0.0751. The van der Waals surface area contributed by atoms with Gasteiger partial charge in [0.05, 0.1) is 18.2 Å². The van der Waals surface area contributed by atoms with Crippen LogP contribution in [0.5, 0.6) is 0 Å². The fourth-order valence-corrected chi connectivity index (χ4v) is 2.52. The zero-order valence-electron chi connectivity index (χ0n) is 12.1. The number of hydrogen-bond acceptors (Lipinski definition) is 3. The van der Waals surface area contributed by atoms with Gasteiger partial charge in [0.1, 0.15) is 0 Å². The van der Waals surface area contributed by atoms with Crippen molar-refractivity contribution in [3.05, 3.63) is 35.9 Å². The van der Waals surface area contributed by atoms with E-state index in [2.05, 4.69) is 17.4 Å². The summed E-state index contributed by atoms with van der Waals surface area (Å²) in [5.41, 5.74) is 6.94. The molecule has 0 bridgehead atoms. The van der Waals surface area contributed by atoms with E-state index in [0.717, 1.165) is 25.9 Å². The predicted octanol–water partition coefficient (Wildman–Crippen LogP) is 1.63. The molecule has 2 rings (SSSR count). The Morgan fingerprint density at radius 2 is 2.20 bits per heavy atom. The second kappa shape index (κ2) is 6.86. The van der Waals surface area contributed by atoms with Crippen molar-refractivity contribution >= 4 is 5.91 Å². The molecule has 1 heterocycles. The lowest BCUT2D eigenvalue weighted by molar-refractivity contribution is -0.126. The number of benzene rings is 1. The summed E-state index contributed by atoms with van der Waals surface area (Å²) in [6, 6.07) is 9.64. The summed E-state index contributed by atoms with van der Waals surface area (Å²) in [5.74, 6) is -0.0751. The topological polar surface area (TPSA) is 64.4 Å². The van der Waals surface area contributed by atoms with Crippen LogP contribution < -0.4 is 11.1 Å². The number of hydrogen-bond donors (Lipinski definition) is 2. The number of ether oxygens (including phenoxy) is 1. The molecule has 0 aromatic heterocycles. The van der Waals surface area contributed by atoms with E-state index in [1.54, 1.807) is 0 Å². The van der Waals surface area contributed by atoms with Crippen molar-refractivity contribution in [2.24, 2.45) is 5.73 Å². The largest absolute Gasteiger partial charge is 0.379 e. The first-order valence-corrected chi connectivity index (χ1v) is 7.28. The Bertz CT molecular complexity index is 427. The van der Waals surface area contributed by atoms with Crippen molar-refractivity contribution in [1.82, 2.24) is 5.32 Å². The fraction of sp³-hybridized carbons (Fsp3) is 0.562. The van der Waals surface area contributed by atoms with Crippen LogP contribution in [0.4, 0.5) is 0 Å². The number of amides is 1. The van der Waals surface area contributed by atoms with Crippen molar-refractivity contribution in [2.75, 3.05) is 13.2 Å². The fourth-order valence-electron chi connectivity index (χ4n) is 2.52. The van der Waals surface area contributed by atoms with Crippen molar-refractivity contribution in [2.45, 2.75) is 44.2 Å². The molecule has 1 unspecified atom stereocenters. The van der Waals surface area contributed by atoms with E-state index in [-0.39, 0.29) is 11.4 Å². The molecule has 1 saturated heterocycles. The Hall–Kier alpha value is -1.39. The summed E-state index contributed by atoms with van der Waals surface area (Å²) >= 11 is 0. The van der Waals surface area contributed by atoms with Gasteiger partial charge in [0, 0.05) is 6.61 Å². The molecule has 1 aromatic rings. The van der Waals surface area contributed by atoms with Gasteiger partial charge in [-0.15, -0.1) is 0 Å². The lowest BCUT2D eigenvalue weighted by Gasteiger charge is -2.35. The third-order valence-corrected chi connectivity index (χ3v) is 3.79. The molecule has 0 aliphatic carbocycles. The summed E-state index contributed by atoms with van der Waals surface area (Å²) in [6.07, 6.45) is 3.41. The molecule has 3 N–H and O–H groups in total. The van der Waals surface area contributed by atoms with E-state index < -0.39 is 6.04 Å². The molecular weight excluding hydrogens is 252 g/mol. The maximum atomic E-state index is 12.1. The van der Waals surface area contributed by atoms with Gasteiger partial charge in [-0.25, -0.2) is 0 Å². The summed E-state index contributed by atoms with van der Waals surface area (Å²) in [4.78, 5) is 12.1. The highest BCUT2D eigenvalue weighted by atomic mass is 16.5. The van der Waals surface area contributed by atoms with Gasteiger partial charge in [-0.3, -0.25) is 4.79 Å². The molecule has 1 amide bonds. The van der Waals surface area contributed by atoms with Crippen LogP contribution >= 0.6 is 0 Å². The number of nitrogens with one attached hydrogen (secondary N) is 1. The molecule has 110 valence electrons. The van der Waals surface area contributed by atoms with Crippen molar-refractivity contribution < 1.29 is 9.53 Å². The third kappa shape index (κ3) is 4.32. The second-order valence-corrected chi connectivity index (χ2v) is 5.84. The molecule has 4 nitrogen and oxygen atoms in total. The van der Waals surface area contributed by atoms with Gasteiger partial charge in [0.2, 0.25) is 5.91 Å². The Morgan fingerprint density at radius 3 is 2.85 bits per heavy atom. The Balaban J connectivity index is 1.79. The van der Waals surface area contributed by atoms with E-state index in [0.29, 0.717) is 13.0 Å². The molecule has 1 aromatic carbocycles. The van der Waals surface area contributed by atoms with Gasteiger partial charge in [-0.05, 0) is 38.2 Å². The molecule has 1 aliphatic rings. The standard InChI is InChI=1S/C16H24N2O2/c1-16(10-5-11-20-12-16)18-15(19)14(17)9-8-13-6-3-2-4-7-13/h2-4,6-7,14H,5,8-12,17H2,1H3,(H,18,19)/t14-,16?/m0/s1. The minimum atomic E-state index is -0.464. The molecule has 0 radical (unpaired) electrons. The summed E-state index contributed by atoms with van der Waals surface area (Å²) in [5, 5.41) is 3.04. The van der Waals surface area contributed by atoms with Crippen LogP contribution in [-0.2, 0) is 16.0 Å². The van der Waals surface area contributed by atoms with E-state index >= 15 is 0 Å². The maximum Gasteiger partial charge on any atom is 0.237 e. The molecule has 20 heavy (non-hydrogen) atoms. The van der Waals surface area contributed by atoms with Gasteiger partial charge in [-0.2, -0.15) is 0 Å². The van der Waals surface area contributed by atoms with Crippen LogP contribution in [0.3, 0.4) is 0 Å². The average molecular weight is 276 g/mol. The molecular formula is C16H24N2O2. The van der Waals surface area contributed by atoms with Crippen molar-refractivity contribution in [1.29, 1.82) is 0 Å².